The maximum Gasteiger partial charge on any atom is 0.237 e. The summed E-state index contributed by atoms with van der Waals surface area (Å²) < 4.78 is 59.0. The standard InChI is InChI=1S/C28H34ClF2N3O3.C27H32ClF2N3O4/c1-5-17(35)10-11-32-25(36)24-23(15-6-8-16(30)9-7-15)28(22(34-24)14-27(2,3)4)18-12-20(31)19(29)13-21(18)33-26(28)37;1-26(2,3)12-21-27(16-10-19(30)17(28)11-20(16)32-25(27)37)22(15-6-4-5-7-18(15)29)23(33-21)24(36)31-9-8-14(35)13-34/h6-9,12-13,17,22-24,34-35H,5,10-11,14H2,1-4H3,(H,32,36)(H,33,37);4-7,10-11,14,21-23,33-35H,8-9,12-13H2,1-3H3,(H,31,36)(H,32,37)/t17-,22-,23+,24-,28+;14-,21+,22-,23+,27-/m10/s1. The van der Waals surface area contributed by atoms with Crippen molar-refractivity contribution >= 4 is 58.2 Å². The first-order valence-electron chi connectivity index (χ1n) is 24.9. The second-order valence-electron chi connectivity index (χ2n) is 22.3. The number of halogens is 6. The first kappa shape index (κ1) is 56.6. The molecule has 0 radical (unpaired) electrons. The molecule has 400 valence electrons. The van der Waals surface area contributed by atoms with Crippen molar-refractivity contribution in [2.24, 2.45) is 10.8 Å². The molecule has 2 saturated heterocycles. The molecule has 0 aliphatic carbocycles. The van der Waals surface area contributed by atoms with Crippen LogP contribution in [0.25, 0.3) is 0 Å². The summed E-state index contributed by atoms with van der Waals surface area (Å²) in [6, 6.07) is 13.8. The number of amides is 4. The van der Waals surface area contributed by atoms with Gasteiger partial charge in [-0.25, -0.2) is 17.6 Å². The molecule has 2 fully saturated rings. The minimum Gasteiger partial charge on any atom is -0.394 e. The highest BCUT2D eigenvalue weighted by molar-refractivity contribution is 6.31. The van der Waals surface area contributed by atoms with Gasteiger partial charge in [0.2, 0.25) is 23.6 Å². The van der Waals surface area contributed by atoms with Gasteiger partial charge >= 0.3 is 0 Å². The van der Waals surface area contributed by atoms with E-state index in [4.69, 9.17) is 28.3 Å². The molecule has 2 spiro atoms. The van der Waals surface area contributed by atoms with Gasteiger partial charge in [0.1, 0.15) is 34.1 Å². The van der Waals surface area contributed by atoms with Crippen LogP contribution in [0.5, 0.6) is 0 Å². The van der Waals surface area contributed by atoms with E-state index in [9.17, 15) is 42.6 Å². The molecule has 4 aromatic carbocycles. The number of benzene rings is 4. The summed E-state index contributed by atoms with van der Waals surface area (Å²) in [6.45, 7) is 13.8. The van der Waals surface area contributed by atoms with E-state index in [-0.39, 0.29) is 57.8 Å². The average Bonchev–Trinajstić information content (AvgIpc) is 4.01. The molecule has 10 atom stereocenters. The zero-order valence-corrected chi connectivity index (χ0v) is 44.0. The highest BCUT2D eigenvalue weighted by Crippen LogP contribution is 2.59. The second-order valence-corrected chi connectivity index (χ2v) is 23.1. The van der Waals surface area contributed by atoms with Crippen molar-refractivity contribution in [1.82, 2.24) is 21.3 Å². The summed E-state index contributed by atoms with van der Waals surface area (Å²) in [5.41, 5.74) is -1.22. The average molecular weight is 1070 g/mol. The summed E-state index contributed by atoms with van der Waals surface area (Å²) in [5, 5.41) is 46.4. The van der Waals surface area contributed by atoms with Gasteiger partial charge in [-0.05, 0) is 108 Å². The Balaban J connectivity index is 0.000000216. The van der Waals surface area contributed by atoms with Gasteiger partial charge in [-0.1, -0.05) is 102 Å². The van der Waals surface area contributed by atoms with E-state index in [0.717, 1.165) is 0 Å². The molecule has 4 amide bonds. The first-order valence-corrected chi connectivity index (χ1v) is 25.7. The summed E-state index contributed by atoms with van der Waals surface area (Å²) in [4.78, 5) is 55.1. The lowest BCUT2D eigenvalue weighted by atomic mass is 9.62. The fraction of sp³-hybridized carbons (Fsp3) is 0.491. The molecule has 0 bridgehead atoms. The van der Waals surface area contributed by atoms with Crippen LogP contribution in [0.2, 0.25) is 10.0 Å². The first-order chi connectivity index (χ1) is 34.8. The van der Waals surface area contributed by atoms with Gasteiger partial charge in [-0.15, -0.1) is 0 Å². The van der Waals surface area contributed by atoms with Gasteiger partial charge in [0.25, 0.3) is 0 Å². The van der Waals surface area contributed by atoms with Crippen molar-refractivity contribution < 1.29 is 52.1 Å². The van der Waals surface area contributed by atoms with E-state index in [1.54, 1.807) is 18.2 Å². The Morgan fingerprint density at radius 2 is 1.11 bits per heavy atom. The van der Waals surface area contributed by atoms with E-state index in [1.165, 1.54) is 54.6 Å². The van der Waals surface area contributed by atoms with Crippen molar-refractivity contribution in [3.63, 3.8) is 0 Å². The third-order valence-corrected chi connectivity index (χ3v) is 15.3. The monoisotopic (exact) mass is 1070 g/mol. The Morgan fingerprint density at radius 3 is 1.55 bits per heavy atom. The van der Waals surface area contributed by atoms with Crippen LogP contribution in [0, 0.1) is 34.1 Å². The molecular weight excluding hydrogens is 1000 g/mol. The van der Waals surface area contributed by atoms with E-state index in [2.05, 4.69) is 31.9 Å². The number of carbonyl (C=O) groups excluding carboxylic acids is 4. The lowest BCUT2D eigenvalue weighted by Crippen LogP contribution is -2.49. The largest absolute Gasteiger partial charge is 0.394 e. The SMILES string of the molecule is CC(C)(C)C[C@H]1N[C@@H](C(=O)NCC[C@H](O)CO)[C@H](c2ccccc2F)[C@@]12C(=O)Nc1cc(Cl)c(F)cc12.CC[C@@H](O)CCNC(=O)[C@@H]1N[C@H](CC(C)(C)C)[C@]2(C(=O)Nc3cc(Cl)c(F)cc32)[C@H]1c1ccc(F)cc1. The summed E-state index contributed by atoms with van der Waals surface area (Å²) in [6.07, 6.45) is 0.451. The van der Waals surface area contributed by atoms with Crippen LogP contribution >= 0.6 is 23.2 Å². The molecule has 0 aromatic heterocycles. The molecule has 0 unspecified atom stereocenters. The van der Waals surface area contributed by atoms with Gasteiger partial charge in [0.05, 0.1) is 40.9 Å². The molecule has 4 aromatic rings. The van der Waals surface area contributed by atoms with Crippen LogP contribution in [0.15, 0.2) is 72.8 Å². The maximum atomic E-state index is 15.4. The fourth-order valence-corrected chi connectivity index (χ4v) is 11.8. The van der Waals surface area contributed by atoms with E-state index < -0.39 is 101 Å². The predicted molar refractivity (Wildman–Crippen MR) is 276 cm³/mol. The van der Waals surface area contributed by atoms with Gasteiger partial charge in [0.15, 0.2) is 0 Å². The van der Waals surface area contributed by atoms with E-state index in [1.807, 2.05) is 48.5 Å². The molecule has 9 N–H and O–H groups in total. The van der Waals surface area contributed by atoms with Crippen molar-refractivity contribution in [2.45, 2.75) is 140 Å². The predicted octanol–water partition coefficient (Wildman–Crippen LogP) is 7.87. The third-order valence-electron chi connectivity index (χ3n) is 14.7. The van der Waals surface area contributed by atoms with Gasteiger partial charge in [-0.3, -0.25) is 19.2 Å². The number of carbonyl (C=O) groups is 4. The number of rotatable bonds is 14. The van der Waals surface area contributed by atoms with E-state index in [0.29, 0.717) is 53.7 Å². The number of hydrogen-bond donors (Lipinski definition) is 9. The fourth-order valence-electron chi connectivity index (χ4n) is 11.5. The number of fused-ring (bicyclic) bond motifs is 4. The summed E-state index contributed by atoms with van der Waals surface area (Å²) >= 11 is 12.1. The second kappa shape index (κ2) is 22.2. The molecule has 8 rings (SSSR count). The molecule has 4 heterocycles. The Kier molecular flexibility index (Phi) is 17.0. The third kappa shape index (κ3) is 11.1. The van der Waals surface area contributed by atoms with Crippen LogP contribution < -0.4 is 31.9 Å². The minimum absolute atomic E-state index is 0.0622. The Labute approximate surface area is 438 Å². The zero-order valence-electron chi connectivity index (χ0n) is 42.4. The molecule has 0 saturated carbocycles. The number of aliphatic hydroxyl groups excluding tert-OH is 3. The summed E-state index contributed by atoms with van der Waals surface area (Å²) in [5.74, 6) is -5.87. The normalized spacial score (nSPS) is 25.7. The summed E-state index contributed by atoms with van der Waals surface area (Å²) in [7, 11) is 0. The molecule has 4 aliphatic heterocycles. The minimum atomic E-state index is -1.51. The van der Waals surface area contributed by atoms with Crippen LogP contribution in [0.4, 0.5) is 28.9 Å². The number of aliphatic hydroxyl groups is 3. The smallest absolute Gasteiger partial charge is 0.237 e. The highest BCUT2D eigenvalue weighted by atomic mass is 35.5. The van der Waals surface area contributed by atoms with Crippen molar-refractivity contribution in [3.05, 3.63) is 128 Å². The van der Waals surface area contributed by atoms with Crippen molar-refractivity contribution in [2.75, 3.05) is 30.3 Å². The molecule has 4 aliphatic rings. The van der Waals surface area contributed by atoms with E-state index >= 15 is 4.39 Å². The highest BCUT2D eigenvalue weighted by Gasteiger charge is 2.67. The molecule has 19 heteroatoms. The number of anilines is 2. The number of nitrogens with one attached hydrogen (secondary N) is 6. The Hall–Kier alpha value is -5.14. The van der Waals surface area contributed by atoms with Gasteiger partial charge in [-0.2, -0.15) is 0 Å². The van der Waals surface area contributed by atoms with Gasteiger partial charge in [0, 0.05) is 48.4 Å². The lowest BCUT2D eigenvalue weighted by Gasteiger charge is -2.37. The lowest BCUT2D eigenvalue weighted by molar-refractivity contribution is -0.125. The molecular formula is C55H66Cl2F4N6O7. The van der Waals surface area contributed by atoms with Crippen LogP contribution in [0.3, 0.4) is 0 Å². The topological polar surface area (TPSA) is 201 Å². The molecule has 74 heavy (non-hydrogen) atoms. The van der Waals surface area contributed by atoms with Crippen LogP contribution in [-0.4, -0.2) is 95.0 Å². The van der Waals surface area contributed by atoms with Gasteiger partial charge < -0.3 is 47.2 Å². The Bertz CT molecular complexity index is 2760. The quantitative estimate of drug-likeness (QED) is 0.0564. The van der Waals surface area contributed by atoms with Crippen LogP contribution in [-0.2, 0) is 30.0 Å². The Morgan fingerprint density at radius 1 is 0.662 bits per heavy atom. The number of hydrogen-bond acceptors (Lipinski definition) is 9. The maximum absolute atomic E-state index is 15.4. The molecule has 13 nitrogen and oxygen atoms in total. The van der Waals surface area contributed by atoms with Crippen molar-refractivity contribution in [1.29, 1.82) is 0 Å². The zero-order chi connectivity index (χ0) is 54.2. The van der Waals surface area contributed by atoms with Crippen LogP contribution in [0.1, 0.15) is 115 Å². The van der Waals surface area contributed by atoms with Crippen molar-refractivity contribution in [3.8, 4) is 0 Å².